The van der Waals surface area contributed by atoms with Gasteiger partial charge in [0.15, 0.2) is 0 Å². The number of urea groups is 1. The first kappa shape index (κ1) is 15.4. The number of hydrogen-bond acceptors (Lipinski definition) is 3. The second-order valence-corrected chi connectivity index (χ2v) is 7.43. The number of carbonyl (C=O) groups is 2. The van der Waals surface area contributed by atoms with Gasteiger partial charge in [-0.2, -0.15) is 11.8 Å². The normalized spacial score (nSPS) is 30.6. The van der Waals surface area contributed by atoms with Gasteiger partial charge in [0.2, 0.25) is 0 Å². The second kappa shape index (κ2) is 5.61. The van der Waals surface area contributed by atoms with Crippen LogP contribution in [0.25, 0.3) is 0 Å². The maximum Gasteiger partial charge on any atom is 0.325 e. The lowest BCUT2D eigenvalue weighted by Gasteiger charge is -2.19. The van der Waals surface area contributed by atoms with Crippen LogP contribution in [-0.2, 0) is 10.2 Å². The van der Waals surface area contributed by atoms with Gasteiger partial charge in [0.1, 0.15) is 6.04 Å². The molecule has 0 aromatic heterocycles. The molecule has 0 bridgehead atoms. The molecule has 5 heteroatoms. The number of aryl methyl sites for hydroxylation is 1. The molecule has 0 radical (unpaired) electrons. The van der Waals surface area contributed by atoms with Crippen molar-refractivity contribution in [3.63, 3.8) is 0 Å². The van der Waals surface area contributed by atoms with Crippen LogP contribution in [0.5, 0.6) is 0 Å². The van der Waals surface area contributed by atoms with Crippen molar-refractivity contribution in [1.29, 1.82) is 0 Å². The van der Waals surface area contributed by atoms with Gasteiger partial charge in [0.25, 0.3) is 5.91 Å². The fourth-order valence-corrected chi connectivity index (χ4v) is 3.97. The zero-order chi connectivity index (χ0) is 15.9. The van der Waals surface area contributed by atoms with Crippen molar-refractivity contribution in [3.05, 3.63) is 35.4 Å². The predicted molar refractivity (Wildman–Crippen MR) is 89.1 cm³/mol. The van der Waals surface area contributed by atoms with E-state index in [1.54, 1.807) is 11.8 Å². The maximum absolute atomic E-state index is 12.5. The van der Waals surface area contributed by atoms with Gasteiger partial charge in [-0.3, -0.25) is 9.69 Å². The molecule has 4 nitrogen and oxygen atoms in total. The molecule has 1 N–H and O–H groups in total. The lowest BCUT2D eigenvalue weighted by Crippen LogP contribution is -2.37. The number of carbonyl (C=O) groups excluding carboxylic acids is 2. The van der Waals surface area contributed by atoms with Crippen LogP contribution in [0.1, 0.15) is 30.9 Å². The number of nitrogens with zero attached hydrogens (tertiary/aromatic N) is 1. The molecule has 1 aromatic rings. The maximum atomic E-state index is 12.5. The molecule has 118 valence electrons. The monoisotopic (exact) mass is 318 g/mol. The Kier molecular flexibility index (Phi) is 3.93. The van der Waals surface area contributed by atoms with E-state index in [-0.39, 0.29) is 29.4 Å². The molecule has 2 fully saturated rings. The second-order valence-electron chi connectivity index (χ2n) is 6.44. The summed E-state index contributed by atoms with van der Waals surface area (Å²) in [5.41, 5.74) is 2.36. The van der Waals surface area contributed by atoms with E-state index in [0.717, 1.165) is 12.2 Å². The number of benzene rings is 1. The van der Waals surface area contributed by atoms with Crippen molar-refractivity contribution in [2.75, 3.05) is 12.0 Å². The van der Waals surface area contributed by atoms with E-state index in [1.165, 1.54) is 16.0 Å². The molecule has 3 atom stereocenters. The summed E-state index contributed by atoms with van der Waals surface area (Å²) in [6.07, 6.45) is 3.57. The number of imide groups is 1. The minimum absolute atomic E-state index is 0.0135. The molecule has 2 aliphatic rings. The van der Waals surface area contributed by atoms with Gasteiger partial charge in [-0.05, 0) is 42.9 Å². The Labute approximate surface area is 135 Å². The highest BCUT2D eigenvalue weighted by Gasteiger charge is 2.60. The molecule has 0 unspecified atom stereocenters. The zero-order valence-electron chi connectivity index (χ0n) is 13.3. The van der Waals surface area contributed by atoms with E-state index in [1.807, 2.05) is 18.4 Å². The molecule has 3 amide bonds. The number of thioether (sulfide) groups is 1. The molecule has 1 heterocycles. The minimum atomic E-state index is -0.346. The average molecular weight is 318 g/mol. The molecule has 3 rings (SSSR count). The van der Waals surface area contributed by atoms with Crippen molar-refractivity contribution in [3.8, 4) is 0 Å². The van der Waals surface area contributed by atoms with Crippen LogP contribution in [0.2, 0.25) is 0 Å². The standard InChI is InChI=1S/C17H22N2O2S/c1-11-6-4-5-7-12(11)17(2)10-14(17)19-15(20)13(8-9-22-3)18-16(19)21/h4-7,13-14H,8-10H2,1-3H3,(H,18,21)/t13-,14-,17+/m0/s1. The molecule has 1 saturated heterocycles. The van der Waals surface area contributed by atoms with Crippen LogP contribution in [-0.4, -0.2) is 40.9 Å². The largest absolute Gasteiger partial charge is 0.326 e. The van der Waals surface area contributed by atoms with Gasteiger partial charge in [-0.1, -0.05) is 31.2 Å². The predicted octanol–water partition coefficient (Wildman–Crippen LogP) is 2.70. The number of nitrogens with one attached hydrogen (secondary N) is 1. The molecular weight excluding hydrogens is 296 g/mol. The first-order chi connectivity index (χ1) is 10.5. The summed E-state index contributed by atoms with van der Waals surface area (Å²) >= 11 is 1.69. The smallest absolute Gasteiger partial charge is 0.325 e. The first-order valence-corrected chi connectivity index (χ1v) is 9.07. The van der Waals surface area contributed by atoms with Gasteiger partial charge in [-0.15, -0.1) is 0 Å². The zero-order valence-corrected chi connectivity index (χ0v) is 14.1. The number of amides is 3. The highest BCUT2D eigenvalue weighted by molar-refractivity contribution is 7.98. The van der Waals surface area contributed by atoms with Gasteiger partial charge in [0.05, 0.1) is 6.04 Å². The minimum Gasteiger partial charge on any atom is -0.326 e. The van der Waals surface area contributed by atoms with E-state index in [9.17, 15) is 9.59 Å². The van der Waals surface area contributed by atoms with Gasteiger partial charge in [0, 0.05) is 5.41 Å². The molecule has 0 spiro atoms. The van der Waals surface area contributed by atoms with Crippen molar-refractivity contribution < 1.29 is 9.59 Å². The van der Waals surface area contributed by atoms with Crippen LogP contribution in [0.15, 0.2) is 24.3 Å². The Morgan fingerprint density at radius 1 is 1.36 bits per heavy atom. The Morgan fingerprint density at radius 2 is 2.09 bits per heavy atom. The van der Waals surface area contributed by atoms with Gasteiger partial charge < -0.3 is 5.32 Å². The van der Waals surface area contributed by atoms with Crippen LogP contribution < -0.4 is 5.32 Å². The van der Waals surface area contributed by atoms with Crippen LogP contribution in [0.4, 0.5) is 4.79 Å². The van der Waals surface area contributed by atoms with E-state index >= 15 is 0 Å². The summed E-state index contributed by atoms with van der Waals surface area (Å²) in [5, 5.41) is 2.84. The highest BCUT2D eigenvalue weighted by Crippen LogP contribution is 2.52. The average Bonchev–Trinajstić information content (AvgIpc) is 3.07. The lowest BCUT2D eigenvalue weighted by molar-refractivity contribution is -0.128. The SMILES string of the molecule is CSCC[C@@H]1NC(=O)N([C@H]2C[C@]2(C)c2ccccc2C)C1=O. The molecule has 1 aromatic carbocycles. The summed E-state index contributed by atoms with van der Waals surface area (Å²) in [6, 6.07) is 7.66. The van der Waals surface area contributed by atoms with Crippen LogP contribution in [0.3, 0.4) is 0 Å². The van der Waals surface area contributed by atoms with Gasteiger partial charge >= 0.3 is 6.03 Å². The molecule has 1 aliphatic heterocycles. The third-order valence-corrected chi connectivity index (χ3v) is 5.57. The summed E-state index contributed by atoms with van der Waals surface area (Å²) in [7, 11) is 0. The Morgan fingerprint density at radius 3 is 2.77 bits per heavy atom. The topological polar surface area (TPSA) is 49.4 Å². The van der Waals surface area contributed by atoms with Gasteiger partial charge in [-0.25, -0.2) is 4.79 Å². The summed E-state index contributed by atoms with van der Waals surface area (Å²) in [5.74, 6) is 0.825. The summed E-state index contributed by atoms with van der Waals surface area (Å²) in [4.78, 5) is 26.2. The van der Waals surface area contributed by atoms with Crippen molar-refractivity contribution >= 4 is 23.7 Å². The first-order valence-electron chi connectivity index (χ1n) is 7.67. The number of hydrogen-bond donors (Lipinski definition) is 1. The van der Waals surface area contributed by atoms with Crippen LogP contribution >= 0.6 is 11.8 Å². The molecule has 1 saturated carbocycles. The summed E-state index contributed by atoms with van der Waals surface area (Å²) in [6.45, 7) is 4.24. The highest BCUT2D eigenvalue weighted by atomic mass is 32.2. The third-order valence-electron chi connectivity index (χ3n) is 4.93. The van der Waals surface area contributed by atoms with Crippen LogP contribution in [0, 0.1) is 6.92 Å². The van der Waals surface area contributed by atoms with E-state index in [2.05, 4.69) is 31.3 Å². The fraction of sp³-hybridized carbons (Fsp3) is 0.529. The van der Waals surface area contributed by atoms with E-state index in [4.69, 9.17) is 0 Å². The summed E-state index contributed by atoms with van der Waals surface area (Å²) < 4.78 is 0. The lowest BCUT2D eigenvalue weighted by atomic mass is 9.93. The molecular formula is C17H22N2O2S. The van der Waals surface area contributed by atoms with Crippen molar-refractivity contribution in [2.45, 2.75) is 44.2 Å². The quantitative estimate of drug-likeness (QED) is 0.849. The Bertz CT molecular complexity index is 618. The third kappa shape index (κ3) is 2.41. The van der Waals surface area contributed by atoms with Crippen molar-refractivity contribution in [1.82, 2.24) is 10.2 Å². The Balaban J connectivity index is 1.78. The van der Waals surface area contributed by atoms with E-state index < -0.39 is 0 Å². The van der Waals surface area contributed by atoms with Crippen molar-refractivity contribution in [2.24, 2.45) is 0 Å². The molecule has 22 heavy (non-hydrogen) atoms. The number of rotatable bonds is 5. The van der Waals surface area contributed by atoms with E-state index in [0.29, 0.717) is 6.42 Å². The molecule has 1 aliphatic carbocycles. The Hall–Kier alpha value is -1.49. The fourth-order valence-electron chi connectivity index (χ4n) is 3.50.